The Morgan fingerprint density at radius 3 is 2.81 bits per heavy atom. The van der Waals surface area contributed by atoms with Gasteiger partial charge in [-0.15, -0.1) is 0 Å². The summed E-state index contributed by atoms with van der Waals surface area (Å²) in [4.78, 5) is 2.88. The third-order valence-corrected chi connectivity index (χ3v) is 5.75. The number of aromatic amines is 1. The van der Waals surface area contributed by atoms with Crippen LogP contribution >= 0.6 is 0 Å². The summed E-state index contributed by atoms with van der Waals surface area (Å²) in [5.74, 6) is -0.716. The molecule has 3 N–H and O–H groups in total. The Morgan fingerprint density at radius 1 is 1.29 bits per heavy atom. The van der Waals surface area contributed by atoms with Crippen LogP contribution in [-0.4, -0.2) is 24.3 Å². The van der Waals surface area contributed by atoms with Crippen LogP contribution in [0.25, 0.3) is 0 Å². The molecule has 0 amide bonds. The second-order valence-electron chi connectivity index (χ2n) is 5.05. The molecule has 0 bridgehead atoms. The summed E-state index contributed by atoms with van der Waals surface area (Å²) in [7, 11) is -3.82. The molecule has 21 heavy (non-hydrogen) atoms. The van der Waals surface area contributed by atoms with Gasteiger partial charge in [0.25, 0.3) is 0 Å². The molecule has 1 aromatic carbocycles. The Balaban J connectivity index is 2.03. The molecule has 1 aliphatic rings. The molecule has 2 heterocycles. The minimum Gasteiger partial charge on any atom is -0.395 e. The van der Waals surface area contributed by atoms with E-state index in [0.717, 1.165) is 24.6 Å². The third-order valence-electron chi connectivity index (χ3n) is 3.78. The molecule has 1 aliphatic heterocycles. The maximum Gasteiger partial charge on any atom is 0.245 e. The van der Waals surface area contributed by atoms with Crippen molar-refractivity contribution in [2.45, 2.75) is 23.8 Å². The zero-order valence-corrected chi connectivity index (χ0v) is 12.1. The quantitative estimate of drug-likeness (QED) is 0.854. The maximum atomic E-state index is 13.6. The average molecular weight is 309 g/mol. The number of nitrogens with zero attached hydrogens (tertiary/aromatic N) is 1. The molecule has 7 heteroatoms. The van der Waals surface area contributed by atoms with E-state index < -0.39 is 15.8 Å². The highest BCUT2D eigenvalue weighted by molar-refractivity contribution is 7.89. The lowest BCUT2D eigenvalue weighted by Crippen LogP contribution is -2.31. The monoisotopic (exact) mass is 309 g/mol. The number of H-pyrrole nitrogens is 1. The van der Waals surface area contributed by atoms with Gasteiger partial charge < -0.3 is 10.7 Å². The molecule has 1 saturated heterocycles. The van der Waals surface area contributed by atoms with Crippen molar-refractivity contribution in [3.63, 3.8) is 0 Å². The Morgan fingerprint density at radius 2 is 2.10 bits per heavy atom. The highest BCUT2D eigenvalue weighted by Crippen LogP contribution is 2.37. The fourth-order valence-corrected chi connectivity index (χ4v) is 4.56. The van der Waals surface area contributed by atoms with Gasteiger partial charge in [0.15, 0.2) is 0 Å². The van der Waals surface area contributed by atoms with Gasteiger partial charge >= 0.3 is 0 Å². The molecular weight excluding hydrogens is 293 g/mol. The van der Waals surface area contributed by atoms with Crippen LogP contribution in [0.15, 0.2) is 41.4 Å². The fourth-order valence-electron chi connectivity index (χ4n) is 2.76. The van der Waals surface area contributed by atoms with Gasteiger partial charge in [0.2, 0.25) is 10.0 Å². The van der Waals surface area contributed by atoms with Crippen LogP contribution < -0.4 is 5.73 Å². The molecular formula is C14H16FN3O2S. The Bertz CT molecular complexity index is 744. The summed E-state index contributed by atoms with van der Waals surface area (Å²) in [5, 5.41) is 0. The smallest absolute Gasteiger partial charge is 0.245 e. The zero-order valence-electron chi connectivity index (χ0n) is 11.3. The lowest BCUT2D eigenvalue weighted by molar-refractivity contribution is 0.391. The summed E-state index contributed by atoms with van der Waals surface area (Å²) < 4.78 is 40.5. The predicted molar refractivity (Wildman–Crippen MR) is 77.5 cm³/mol. The molecule has 5 nitrogen and oxygen atoms in total. The maximum absolute atomic E-state index is 13.6. The highest BCUT2D eigenvalue weighted by Gasteiger charge is 2.37. The van der Waals surface area contributed by atoms with Gasteiger partial charge in [-0.3, -0.25) is 0 Å². The summed E-state index contributed by atoms with van der Waals surface area (Å²) in [5.41, 5.74) is 6.13. The van der Waals surface area contributed by atoms with Gasteiger partial charge in [-0.2, -0.15) is 4.31 Å². The third kappa shape index (κ3) is 2.32. The number of anilines is 1. The first-order chi connectivity index (χ1) is 10.0. The number of sulfonamides is 1. The van der Waals surface area contributed by atoms with Crippen molar-refractivity contribution in [2.24, 2.45) is 0 Å². The van der Waals surface area contributed by atoms with Gasteiger partial charge in [0.1, 0.15) is 10.7 Å². The van der Waals surface area contributed by atoms with E-state index in [2.05, 4.69) is 4.98 Å². The minimum absolute atomic E-state index is 0.166. The van der Waals surface area contributed by atoms with Gasteiger partial charge in [-0.05, 0) is 37.1 Å². The number of aromatic nitrogens is 1. The number of hydrogen-bond donors (Lipinski definition) is 2. The molecule has 0 aliphatic carbocycles. The SMILES string of the molecule is Nc1c(F)cccc1S(=O)(=O)N1CCCC1c1ccc[nH]1. The number of benzene rings is 1. The molecule has 112 valence electrons. The van der Waals surface area contributed by atoms with E-state index in [1.807, 2.05) is 12.1 Å². The number of nitrogen functional groups attached to an aromatic ring is 1. The van der Waals surface area contributed by atoms with E-state index in [-0.39, 0.29) is 16.6 Å². The van der Waals surface area contributed by atoms with Crippen LogP contribution in [0.1, 0.15) is 24.6 Å². The predicted octanol–water partition coefficient (Wildman–Crippen LogP) is 2.26. The van der Waals surface area contributed by atoms with E-state index in [0.29, 0.717) is 6.54 Å². The molecule has 1 atom stereocenters. The molecule has 0 spiro atoms. The number of para-hydroxylation sites is 1. The molecule has 1 fully saturated rings. The first kappa shape index (κ1) is 14.1. The number of halogens is 1. The molecule has 3 rings (SSSR count). The lowest BCUT2D eigenvalue weighted by Gasteiger charge is -2.24. The number of nitrogens with two attached hydrogens (primary N) is 1. The van der Waals surface area contributed by atoms with E-state index in [1.54, 1.807) is 6.20 Å². The first-order valence-electron chi connectivity index (χ1n) is 6.71. The lowest BCUT2D eigenvalue weighted by atomic mass is 10.2. The number of hydrogen-bond acceptors (Lipinski definition) is 3. The highest BCUT2D eigenvalue weighted by atomic mass is 32.2. The van der Waals surface area contributed by atoms with E-state index in [1.165, 1.54) is 16.4 Å². The van der Waals surface area contributed by atoms with Gasteiger partial charge in [0, 0.05) is 18.4 Å². The Hall–Kier alpha value is -1.86. The van der Waals surface area contributed by atoms with Gasteiger partial charge in [-0.1, -0.05) is 6.07 Å². The van der Waals surface area contributed by atoms with Crippen molar-refractivity contribution in [2.75, 3.05) is 12.3 Å². The van der Waals surface area contributed by atoms with Crippen LogP contribution in [0.4, 0.5) is 10.1 Å². The van der Waals surface area contributed by atoms with Crippen LogP contribution in [0, 0.1) is 5.82 Å². The second kappa shape index (κ2) is 5.16. The van der Waals surface area contributed by atoms with Crippen LogP contribution in [0.3, 0.4) is 0 Å². The average Bonchev–Trinajstić information content (AvgIpc) is 3.11. The van der Waals surface area contributed by atoms with Crippen molar-refractivity contribution < 1.29 is 12.8 Å². The molecule has 1 unspecified atom stereocenters. The van der Waals surface area contributed by atoms with Gasteiger partial charge in [-0.25, -0.2) is 12.8 Å². The van der Waals surface area contributed by atoms with Crippen LogP contribution in [-0.2, 0) is 10.0 Å². The first-order valence-corrected chi connectivity index (χ1v) is 8.15. The zero-order chi connectivity index (χ0) is 15.0. The van der Waals surface area contributed by atoms with Crippen LogP contribution in [0.2, 0.25) is 0 Å². The van der Waals surface area contributed by atoms with Gasteiger partial charge in [0.05, 0.1) is 11.7 Å². The summed E-state index contributed by atoms with van der Waals surface area (Å²) in [6.45, 7) is 0.405. The molecule has 2 aromatic rings. The fraction of sp³-hybridized carbons (Fsp3) is 0.286. The normalized spacial score (nSPS) is 20.0. The van der Waals surface area contributed by atoms with E-state index in [4.69, 9.17) is 5.73 Å². The van der Waals surface area contributed by atoms with Crippen molar-refractivity contribution >= 4 is 15.7 Å². The number of rotatable bonds is 3. The van der Waals surface area contributed by atoms with E-state index >= 15 is 0 Å². The topological polar surface area (TPSA) is 79.2 Å². The number of nitrogens with one attached hydrogen (secondary N) is 1. The van der Waals surface area contributed by atoms with Crippen molar-refractivity contribution in [1.82, 2.24) is 9.29 Å². The molecule has 0 saturated carbocycles. The second-order valence-corrected chi connectivity index (χ2v) is 6.91. The van der Waals surface area contributed by atoms with Crippen molar-refractivity contribution in [1.29, 1.82) is 0 Å². The summed E-state index contributed by atoms with van der Waals surface area (Å²) >= 11 is 0. The molecule has 0 radical (unpaired) electrons. The largest absolute Gasteiger partial charge is 0.395 e. The Labute approximate surface area is 122 Å². The van der Waals surface area contributed by atoms with Crippen molar-refractivity contribution in [3.8, 4) is 0 Å². The standard InChI is InChI=1S/C14H16FN3O2S/c15-10-4-1-7-13(14(10)16)21(19,20)18-9-3-6-12(18)11-5-2-8-17-11/h1-2,4-5,7-8,12,17H,3,6,9,16H2. The Kier molecular flexibility index (Phi) is 3.46. The van der Waals surface area contributed by atoms with Crippen LogP contribution in [0.5, 0.6) is 0 Å². The minimum atomic E-state index is -3.82. The molecule has 1 aromatic heterocycles. The summed E-state index contributed by atoms with van der Waals surface area (Å²) in [6, 6.07) is 7.28. The van der Waals surface area contributed by atoms with E-state index in [9.17, 15) is 12.8 Å². The van der Waals surface area contributed by atoms with Crippen molar-refractivity contribution in [3.05, 3.63) is 48.0 Å². The summed E-state index contributed by atoms with van der Waals surface area (Å²) in [6.07, 6.45) is 3.25.